The topological polar surface area (TPSA) is 69.6 Å². The third-order valence-corrected chi connectivity index (χ3v) is 3.47. The Hall–Kier alpha value is -0.610. The van der Waals surface area contributed by atoms with Crippen LogP contribution < -0.4 is 5.32 Å². The van der Waals surface area contributed by atoms with Crippen molar-refractivity contribution in [2.75, 3.05) is 6.61 Å². The van der Waals surface area contributed by atoms with Gasteiger partial charge >= 0.3 is 5.97 Å². The fourth-order valence-corrected chi connectivity index (χ4v) is 2.32. The fourth-order valence-electron chi connectivity index (χ4n) is 2.32. The average Bonchev–Trinajstić information content (AvgIpc) is 2.25. The molecule has 0 amide bonds. The Balaban J connectivity index is 2.44. The van der Waals surface area contributed by atoms with Gasteiger partial charge in [0.05, 0.1) is 12.5 Å². The highest BCUT2D eigenvalue weighted by atomic mass is 16.4. The van der Waals surface area contributed by atoms with Crippen LogP contribution in [0.1, 0.15) is 39.5 Å². The Morgan fingerprint density at radius 1 is 1.44 bits per heavy atom. The predicted octanol–water partition coefficient (Wildman–Crippen LogP) is 1.24. The molecule has 3 atom stereocenters. The quantitative estimate of drug-likeness (QED) is 0.663. The molecule has 0 aromatic rings. The van der Waals surface area contributed by atoms with E-state index < -0.39 is 5.97 Å². The molecule has 1 rings (SSSR count). The van der Waals surface area contributed by atoms with Crippen LogP contribution in [0.5, 0.6) is 0 Å². The van der Waals surface area contributed by atoms with Gasteiger partial charge in [0.2, 0.25) is 0 Å². The van der Waals surface area contributed by atoms with Crippen LogP contribution in [0.25, 0.3) is 0 Å². The molecule has 1 fully saturated rings. The molecule has 0 saturated heterocycles. The summed E-state index contributed by atoms with van der Waals surface area (Å²) >= 11 is 0. The van der Waals surface area contributed by atoms with Crippen molar-refractivity contribution >= 4 is 5.97 Å². The van der Waals surface area contributed by atoms with Gasteiger partial charge in [0, 0.05) is 12.1 Å². The van der Waals surface area contributed by atoms with Gasteiger partial charge in [0.1, 0.15) is 0 Å². The minimum atomic E-state index is -0.684. The maximum Gasteiger partial charge on any atom is 0.306 e. The first-order valence-corrected chi connectivity index (χ1v) is 6.14. The number of hydrogen-bond donors (Lipinski definition) is 3. The lowest BCUT2D eigenvalue weighted by Crippen LogP contribution is -2.46. The Morgan fingerprint density at radius 3 is 2.62 bits per heavy atom. The molecule has 1 aliphatic rings. The fraction of sp³-hybridized carbons (Fsp3) is 0.917. The summed E-state index contributed by atoms with van der Waals surface area (Å²) in [5.74, 6) is -0.524. The molecule has 2 unspecified atom stereocenters. The smallest absolute Gasteiger partial charge is 0.306 e. The van der Waals surface area contributed by atoms with E-state index in [-0.39, 0.29) is 24.6 Å². The first-order valence-electron chi connectivity index (χ1n) is 6.14. The third-order valence-electron chi connectivity index (χ3n) is 3.47. The first kappa shape index (κ1) is 13.5. The molecule has 1 saturated carbocycles. The summed E-state index contributed by atoms with van der Waals surface area (Å²) < 4.78 is 0. The van der Waals surface area contributed by atoms with Crippen LogP contribution in [0.15, 0.2) is 0 Å². The second kappa shape index (κ2) is 6.21. The highest BCUT2D eigenvalue weighted by molar-refractivity contribution is 5.70. The highest BCUT2D eigenvalue weighted by Crippen LogP contribution is 2.25. The minimum absolute atomic E-state index is 0.0811. The summed E-state index contributed by atoms with van der Waals surface area (Å²) in [6.07, 6.45) is 3.47. The molecule has 1 aliphatic carbocycles. The van der Waals surface area contributed by atoms with E-state index in [1.807, 2.05) is 0 Å². The van der Waals surface area contributed by atoms with Crippen LogP contribution >= 0.6 is 0 Å². The predicted molar refractivity (Wildman–Crippen MR) is 62.2 cm³/mol. The summed E-state index contributed by atoms with van der Waals surface area (Å²) in [6, 6.07) is 0.326. The molecular weight excluding hydrogens is 206 g/mol. The molecule has 4 heteroatoms. The zero-order chi connectivity index (χ0) is 12.1. The van der Waals surface area contributed by atoms with Crippen molar-refractivity contribution in [1.29, 1.82) is 0 Å². The van der Waals surface area contributed by atoms with E-state index >= 15 is 0 Å². The van der Waals surface area contributed by atoms with Crippen molar-refractivity contribution in [1.82, 2.24) is 5.32 Å². The molecule has 16 heavy (non-hydrogen) atoms. The van der Waals surface area contributed by atoms with E-state index in [0.29, 0.717) is 12.3 Å². The van der Waals surface area contributed by atoms with Gasteiger partial charge in [-0.1, -0.05) is 20.3 Å². The monoisotopic (exact) mass is 229 g/mol. The van der Waals surface area contributed by atoms with Crippen molar-refractivity contribution in [3.8, 4) is 0 Å². The number of carbonyl (C=O) groups is 1. The zero-order valence-electron chi connectivity index (χ0n) is 10.1. The molecule has 0 spiro atoms. The zero-order valence-corrected chi connectivity index (χ0v) is 10.1. The Morgan fingerprint density at radius 2 is 2.12 bits per heavy atom. The number of carboxylic acid groups (broad SMARTS) is 1. The standard InChI is InChI=1S/C12H23NO3/c1-8(2)11(7-14)13-10-5-3-4-9(6-10)12(15)16/h8-11,13-14H,3-7H2,1-2H3,(H,15,16)/t9?,10?,11-/m1/s1. The van der Waals surface area contributed by atoms with Crippen LogP contribution in [0, 0.1) is 11.8 Å². The van der Waals surface area contributed by atoms with Crippen LogP contribution in [-0.4, -0.2) is 34.9 Å². The minimum Gasteiger partial charge on any atom is -0.481 e. The van der Waals surface area contributed by atoms with Crippen molar-refractivity contribution in [2.24, 2.45) is 11.8 Å². The summed E-state index contributed by atoms with van der Waals surface area (Å²) in [5, 5.41) is 21.6. The molecule has 0 bridgehead atoms. The average molecular weight is 229 g/mol. The highest BCUT2D eigenvalue weighted by Gasteiger charge is 2.28. The number of aliphatic hydroxyl groups excluding tert-OH is 1. The largest absolute Gasteiger partial charge is 0.481 e. The van der Waals surface area contributed by atoms with E-state index in [0.717, 1.165) is 19.3 Å². The Labute approximate surface area is 97.0 Å². The maximum absolute atomic E-state index is 10.9. The van der Waals surface area contributed by atoms with Crippen LogP contribution in [0.2, 0.25) is 0 Å². The van der Waals surface area contributed by atoms with E-state index in [1.165, 1.54) is 0 Å². The van der Waals surface area contributed by atoms with E-state index in [1.54, 1.807) is 0 Å². The first-order chi connectivity index (χ1) is 7.54. The number of hydrogen-bond acceptors (Lipinski definition) is 3. The molecule has 0 radical (unpaired) electrons. The van der Waals surface area contributed by atoms with E-state index in [4.69, 9.17) is 5.11 Å². The molecule has 0 aromatic heterocycles. The van der Waals surface area contributed by atoms with Crippen LogP contribution in [-0.2, 0) is 4.79 Å². The van der Waals surface area contributed by atoms with Crippen molar-refractivity contribution in [2.45, 2.75) is 51.6 Å². The van der Waals surface area contributed by atoms with Gasteiger partial charge in [-0.05, 0) is 25.2 Å². The van der Waals surface area contributed by atoms with Gasteiger partial charge in [-0.2, -0.15) is 0 Å². The number of nitrogens with one attached hydrogen (secondary N) is 1. The number of carboxylic acids is 1. The number of rotatable bonds is 5. The van der Waals surface area contributed by atoms with Crippen molar-refractivity contribution < 1.29 is 15.0 Å². The molecule has 0 aliphatic heterocycles. The van der Waals surface area contributed by atoms with Crippen molar-refractivity contribution in [3.63, 3.8) is 0 Å². The second-order valence-electron chi connectivity index (χ2n) is 5.10. The lowest BCUT2D eigenvalue weighted by atomic mass is 9.85. The van der Waals surface area contributed by atoms with Crippen LogP contribution in [0.3, 0.4) is 0 Å². The van der Waals surface area contributed by atoms with Crippen molar-refractivity contribution in [3.05, 3.63) is 0 Å². The third kappa shape index (κ3) is 3.76. The normalized spacial score (nSPS) is 28.0. The van der Waals surface area contributed by atoms with Gasteiger partial charge in [-0.15, -0.1) is 0 Å². The Bertz CT molecular complexity index is 230. The maximum atomic E-state index is 10.9. The molecule has 94 valence electrons. The molecule has 0 heterocycles. The molecule has 4 nitrogen and oxygen atoms in total. The summed E-state index contributed by atoms with van der Waals surface area (Å²) in [4.78, 5) is 10.9. The number of aliphatic carboxylic acids is 1. The summed E-state index contributed by atoms with van der Waals surface area (Å²) in [5.41, 5.74) is 0. The van der Waals surface area contributed by atoms with Gasteiger partial charge in [-0.3, -0.25) is 4.79 Å². The summed E-state index contributed by atoms with van der Waals surface area (Å²) in [6.45, 7) is 4.24. The van der Waals surface area contributed by atoms with E-state index in [9.17, 15) is 9.90 Å². The SMILES string of the molecule is CC(C)[C@@H](CO)NC1CCCC(C(=O)O)C1. The van der Waals surface area contributed by atoms with Crippen LogP contribution in [0.4, 0.5) is 0 Å². The second-order valence-corrected chi connectivity index (χ2v) is 5.10. The lowest BCUT2D eigenvalue weighted by Gasteiger charge is -2.32. The molecule has 3 N–H and O–H groups in total. The molecule has 0 aromatic carbocycles. The Kier molecular flexibility index (Phi) is 5.22. The number of aliphatic hydroxyl groups is 1. The van der Waals surface area contributed by atoms with E-state index in [2.05, 4.69) is 19.2 Å². The van der Waals surface area contributed by atoms with Gasteiger partial charge in [-0.25, -0.2) is 0 Å². The van der Waals surface area contributed by atoms with Gasteiger partial charge in [0.25, 0.3) is 0 Å². The lowest BCUT2D eigenvalue weighted by molar-refractivity contribution is -0.143. The van der Waals surface area contributed by atoms with Gasteiger partial charge < -0.3 is 15.5 Å². The molecular formula is C12H23NO3. The van der Waals surface area contributed by atoms with Gasteiger partial charge in [0.15, 0.2) is 0 Å². The summed E-state index contributed by atoms with van der Waals surface area (Å²) in [7, 11) is 0.